The summed E-state index contributed by atoms with van der Waals surface area (Å²) >= 11 is 0. The Bertz CT molecular complexity index is 435. The maximum absolute atomic E-state index is 13.7. The predicted molar refractivity (Wildman–Crippen MR) is 57.6 cm³/mol. The van der Waals surface area contributed by atoms with E-state index in [4.69, 9.17) is 5.73 Å². The van der Waals surface area contributed by atoms with Crippen LogP contribution in [0.15, 0.2) is 29.4 Å². The number of rotatable bonds is 2. The maximum atomic E-state index is 13.7. The molecule has 1 aromatic rings. The van der Waals surface area contributed by atoms with Gasteiger partial charge in [-0.2, -0.15) is 0 Å². The van der Waals surface area contributed by atoms with E-state index in [0.29, 0.717) is 11.3 Å². The van der Waals surface area contributed by atoms with Crippen LogP contribution >= 0.6 is 0 Å². The first-order chi connectivity index (χ1) is 7.20. The zero-order valence-corrected chi connectivity index (χ0v) is 8.31. The highest BCUT2D eigenvalue weighted by Gasteiger charge is 2.16. The van der Waals surface area contributed by atoms with Gasteiger partial charge >= 0.3 is 0 Å². The highest BCUT2D eigenvalue weighted by Crippen LogP contribution is 2.27. The quantitative estimate of drug-likeness (QED) is 0.784. The first-order valence-electron chi connectivity index (χ1n) is 4.67. The lowest BCUT2D eigenvalue weighted by Crippen LogP contribution is -2.09. The molecule has 0 saturated carbocycles. The minimum atomic E-state index is -0.315. The van der Waals surface area contributed by atoms with Gasteiger partial charge in [0.2, 0.25) is 0 Å². The smallest absolute Gasteiger partial charge is 0.132 e. The van der Waals surface area contributed by atoms with Gasteiger partial charge in [0, 0.05) is 11.6 Å². The Kier molecular flexibility index (Phi) is 2.51. The highest BCUT2D eigenvalue weighted by atomic mass is 19.1. The molecule has 2 N–H and O–H groups in total. The number of benzene rings is 1. The van der Waals surface area contributed by atoms with Crippen molar-refractivity contribution < 1.29 is 4.39 Å². The van der Waals surface area contributed by atoms with Crippen LogP contribution in [0.4, 0.5) is 4.39 Å². The number of hydrogen-bond donors (Lipinski definition) is 1. The summed E-state index contributed by atoms with van der Waals surface area (Å²) in [6, 6.07) is 4.62. The molecule has 1 aromatic carbocycles. The fourth-order valence-electron chi connectivity index (χ4n) is 1.55. The van der Waals surface area contributed by atoms with Crippen LogP contribution in [0.5, 0.6) is 0 Å². The zero-order valence-electron chi connectivity index (χ0n) is 8.31. The van der Waals surface area contributed by atoms with Gasteiger partial charge in [-0.1, -0.05) is 12.1 Å². The molecule has 15 heavy (non-hydrogen) atoms. The summed E-state index contributed by atoms with van der Waals surface area (Å²) in [5.74, 6) is -0.315. The van der Waals surface area contributed by atoms with Gasteiger partial charge in [0.1, 0.15) is 12.2 Å². The molecule has 2 rings (SSSR count). The van der Waals surface area contributed by atoms with Gasteiger partial charge in [0.05, 0.1) is 11.9 Å². The topological polar surface area (TPSA) is 52.5 Å². The van der Waals surface area contributed by atoms with Crippen molar-refractivity contribution in [1.82, 2.24) is 5.32 Å². The monoisotopic (exact) mass is 204 g/mol. The van der Waals surface area contributed by atoms with Crippen molar-refractivity contribution in [2.75, 3.05) is 0 Å². The molecule has 0 spiro atoms. The fraction of sp³-hybridized carbons (Fsp3) is 0.182. The van der Waals surface area contributed by atoms with Gasteiger partial charge in [-0.15, -0.1) is 0 Å². The summed E-state index contributed by atoms with van der Waals surface area (Å²) in [6.45, 7) is 1.81. The van der Waals surface area contributed by atoms with Gasteiger partial charge in [-0.05, 0) is 18.6 Å². The second-order valence-corrected chi connectivity index (χ2v) is 3.40. The molecule has 1 radical (unpaired) electrons. The lowest BCUT2D eigenvalue weighted by Gasteiger charge is -2.12. The SMILES string of the molecule is C[C@H](N)c1cccc(F)c1C1=C[N]C=N1. The lowest BCUT2D eigenvalue weighted by molar-refractivity contribution is 0.617. The van der Waals surface area contributed by atoms with E-state index in [9.17, 15) is 4.39 Å². The van der Waals surface area contributed by atoms with Crippen molar-refractivity contribution in [3.63, 3.8) is 0 Å². The summed E-state index contributed by atoms with van der Waals surface area (Å²) in [6.07, 6.45) is 2.93. The van der Waals surface area contributed by atoms with Crippen molar-refractivity contribution in [2.24, 2.45) is 10.7 Å². The number of hydrogen-bond acceptors (Lipinski definition) is 2. The fourth-order valence-corrected chi connectivity index (χ4v) is 1.55. The van der Waals surface area contributed by atoms with Gasteiger partial charge in [-0.25, -0.2) is 14.7 Å². The molecule has 0 aliphatic carbocycles. The van der Waals surface area contributed by atoms with Crippen LogP contribution in [0.25, 0.3) is 5.70 Å². The van der Waals surface area contributed by atoms with Crippen molar-refractivity contribution in [2.45, 2.75) is 13.0 Å². The first-order valence-corrected chi connectivity index (χ1v) is 4.67. The number of nitrogens with zero attached hydrogens (tertiary/aromatic N) is 2. The summed E-state index contributed by atoms with van der Waals surface area (Å²) < 4.78 is 13.7. The summed E-state index contributed by atoms with van der Waals surface area (Å²) in [5, 5.41) is 3.82. The molecule has 0 amide bonds. The van der Waals surface area contributed by atoms with E-state index in [0.717, 1.165) is 5.56 Å². The number of halogens is 1. The summed E-state index contributed by atoms with van der Waals surface area (Å²) in [4.78, 5) is 3.98. The second kappa shape index (κ2) is 3.82. The molecule has 1 heterocycles. The second-order valence-electron chi connectivity index (χ2n) is 3.40. The first kappa shape index (κ1) is 9.86. The molecule has 3 nitrogen and oxygen atoms in total. The molecule has 0 saturated heterocycles. The highest BCUT2D eigenvalue weighted by molar-refractivity contribution is 5.80. The van der Waals surface area contributed by atoms with E-state index in [2.05, 4.69) is 10.3 Å². The summed E-state index contributed by atoms with van der Waals surface area (Å²) in [7, 11) is 0. The van der Waals surface area contributed by atoms with E-state index >= 15 is 0 Å². The molecule has 1 aliphatic heterocycles. The molecular weight excluding hydrogens is 193 g/mol. The van der Waals surface area contributed by atoms with Crippen molar-refractivity contribution >= 4 is 12.0 Å². The minimum Gasteiger partial charge on any atom is -0.324 e. The van der Waals surface area contributed by atoms with E-state index in [-0.39, 0.29) is 11.9 Å². The largest absolute Gasteiger partial charge is 0.324 e. The van der Waals surface area contributed by atoms with Crippen LogP contribution in [0.1, 0.15) is 24.1 Å². The molecule has 0 unspecified atom stereocenters. The van der Waals surface area contributed by atoms with Gasteiger partial charge in [0.25, 0.3) is 0 Å². The average Bonchev–Trinajstić information content (AvgIpc) is 2.70. The normalized spacial score (nSPS) is 16.1. The van der Waals surface area contributed by atoms with E-state index in [1.54, 1.807) is 12.1 Å². The Morgan fingerprint density at radius 2 is 2.20 bits per heavy atom. The van der Waals surface area contributed by atoms with Crippen LogP contribution in [-0.2, 0) is 0 Å². The molecule has 0 aromatic heterocycles. The van der Waals surface area contributed by atoms with E-state index < -0.39 is 0 Å². The number of nitrogens with two attached hydrogens (primary N) is 1. The average molecular weight is 204 g/mol. The van der Waals surface area contributed by atoms with Crippen molar-refractivity contribution in [3.8, 4) is 0 Å². The van der Waals surface area contributed by atoms with Gasteiger partial charge < -0.3 is 5.73 Å². The third-order valence-corrected chi connectivity index (χ3v) is 2.25. The Labute approximate surface area is 87.5 Å². The Morgan fingerprint density at radius 3 is 2.80 bits per heavy atom. The lowest BCUT2D eigenvalue weighted by atomic mass is 9.99. The molecule has 1 aliphatic rings. The molecule has 0 fully saturated rings. The summed E-state index contributed by atoms with van der Waals surface area (Å²) in [5.41, 5.74) is 7.50. The van der Waals surface area contributed by atoms with Crippen LogP contribution in [0.3, 0.4) is 0 Å². The third kappa shape index (κ3) is 1.76. The Morgan fingerprint density at radius 1 is 1.40 bits per heavy atom. The van der Waals surface area contributed by atoms with E-state index in [1.165, 1.54) is 18.6 Å². The third-order valence-electron chi connectivity index (χ3n) is 2.25. The minimum absolute atomic E-state index is 0.229. The molecule has 4 heteroatoms. The van der Waals surface area contributed by atoms with Crippen LogP contribution < -0.4 is 11.1 Å². The van der Waals surface area contributed by atoms with Crippen LogP contribution in [0, 0.1) is 5.82 Å². The van der Waals surface area contributed by atoms with Crippen LogP contribution in [0.2, 0.25) is 0 Å². The molecule has 1 atom stereocenters. The molecular formula is C11H11FN3. The molecule has 77 valence electrons. The Balaban J connectivity index is 2.57. The van der Waals surface area contributed by atoms with Gasteiger partial charge in [0.15, 0.2) is 0 Å². The zero-order chi connectivity index (χ0) is 10.8. The Hall–Kier alpha value is -1.68. The van der Waals surface area contributed by atoms with Gasteiger partial charge in [-0.3, -0.25) is 0 Å². The maximum Gasteiger partial charge on any atom is 0.132 e. The van der Waals surface area contributed by atoms with E-state index in [1.807, 2.05) is 6.92 Å². The predicted octanol–water partition coefficient (Wildman–Crippen LogP) is 1.79. The van der Waals surface area contributed by atoms with Crippen molar-refractivity contribution in [3.05, 3.63) is 41.3 Å². The number of aliphatic imine (C=N–C) groups is 1. The standard InChI is InChI=1S/C11H11FN3/c1-7(13)8-3-2-4-9(12)11(8)10-5-14-6-15-10/h2-7H,13H2,1H3/t7-/m0/s1. The van der Waals surface area contributed by atoms with Crippen LogP contribution in [-0.4, -0.2) is 6.34 Å². The molecule has 0 bridgehead atoms. The van der Waals surface area contributed by atoms with Crippen molar-refractivity contribution in [1.29, 1.82) is 0 Å².